The van der Waals surface area contributed by atoms with Crippen LogP contribution in [0, 0.1) is 0 Å². The second-order valence-electron chi connectivity index (χ2n) is 5.61. The van der Waals surface area contributed by atoms with Crippen LogP contribution in [0.2, 0.25) is 0 Å². The van der Waals surface area contributed by atoms with Gasteiger partial charge in [-0.1, -0.05) is 24.3 Å². The van der Waals surface area contributed by atoms with Crippen LogP contribution in [-0.2, 0) is 10.0 Å². The number of nitrogens with two attached hydrogens (primary N) is 2. The number of hydrogen-bond donors (Lipinski definition) is 3. The highest BCUT2D eigenvalue weighted by atomic mass is 32.2. The van der Waals surface area contributed by atoms with E-state index in [1.165, 1.54) is 6.07 Å². The normalized spacial score (nSPS) is 11.7. The molecule has 0 aliphatic heterocycles. The number of rotatable bonds is 3. The maximum atomic E-state index is 12.1. The number of benzene rings is 2. The van der Waals surface area contributed by atoms with E-state index in [0.29, 0.717) is 22.3 Å². The van der Waals surface area contributed by atoms with Crippen molar-refractivity contribution in [2.45, 2.75) is 4.90 Å². The van der Waals surface area contributed by atoms with Crippen LogP contribution in [0.3, 0.4) is 0 Å². The molecule has 0 spiro atoms. The Hall–Kier alpha value is -3.37. The fourth-order valence-corrected chi connectivity index (χ4v) is 3.62. The van der Waals surface area contributed by atoms with E-state index >= 15 is 0 Å². The summed E-state index contributed by atoms with van der Waals surface area (Å²) in [6.45, 7) is 0. The van der Waals surface area contributed by atoms with Gasteiger partial charge in [0.2, 0.25) is 10.0 Å². The van der Waals surface area contributed by atoms with Gasteiger partial charge < -0.3 is 5.73 Å². The molecule has 0 saturated heterocycles. The molecule has 26 heavy (non-hydrogen) atoms. The number of aromatic amines is 1. The van der Waals surface area contributed by atoms with Crippen LogP contribution in [-0.4, -0.2) is 34.0 Å². The number of sulfonamides is 1. The maximum absolute atomic E-state index is 12.1. The van der Waals surface area contributed by atoms with Gasteiger partial charge in [-0.15, -0.1) is 5.10 Å². The molecule has 0 atom stereocenters. The molecule has 130 valence electrons. The van der Waals surface area contributed by atoms with Crippen LogP contribution in [0.15, 0.2) is 53.6 Å². The Bertz CT molecular complexity index is 1220. The third-order valence-corrected chi connectivity index (χ3v) is 4.96. The summed E-state index contributed by atoms with van der Waals surface area (Å²) in [5.74, 6) is 0.199. The van der Waals surface area contributed by atoms with E-state index in [4.69, 9.17) is 10.9 Å². The lowest BCUT2D eigenvalue weighted by atomic mass is 9.97. The Kier molecular flexibility index (Phi) is 3.63. The molecule has 0 aliphatic carbocycles. The van der Waals surface area contributed by atoms with Gasteiger partial charge in [-0.3, -0.25) is 4.98 Å². The van der Waals surface area contributed by atoms with Crippen molar-refractivity contribution in [2.75, 3.05) is 5.73 Å². The van der Waals surface area contributed by atoms with E-state index < -0.39 is 10.0 Å². The lowest BCUT2D eigenvalue weighted by Gasteiger charge is -2.12. The monoisotopic (exact) mass is 367 g/mol. The molecule has 0 aliphatic rings. The van der Waals surface area contributed by atoms with Gasteiger partial charge in [0.25, 0.3) is 0 Å². The summed E-state index contributed by atoms with van der Waals surface area (Å²) >= 11 is 0. The topological polar surface area (TPSA) is 154 Å². The molecule has 0 radical (unpaired) electrons. The van der Waals surface area contributed by atoms with E-state index in [1.54, 1.807) is 24.4 Å². The second-order valence-corrected chi connectivity index (χ2v) is 7.14. The molecule has 0 bridgehead atoms. The van der Waals surface area contributed by atoms with E-state index in [1.807, 2.05) is 18.2 Å². The fourth-order valence-electron chi connectivity index (χ4n) is 2.86. The highest BCUT2D eigenvalue weighted by Gasteiger charge is 2.22. The van der Waals surface area contributed by atoms with Gasteiger partial charge in [0.15, 0.2) is 5.82 Å². The molecule has 9 nitrogen and oxygen atoms in total. The predicted molar refractivity (Wildman–Crippen MR) is 96.1 cm³/mol. The molecule has 4 rings (SSSR count). The lowest BCUT2D eigenvalue weighted by molar-refractivity contribution is 0.598. The summed E-state index contributed by atoms with van der Waals surface area (Å²) in [5, 5.41) is 19.7. The number of anilines is 1. The first kappa shape index (κ1) is 16.1. The summed E-state index contributed by atoms with van der Waals surface area (Å²) in [4.78, 5) is 4.25. The average Bonchev–Trinajstić information content (AvgIpc) is 3.14. The van der Waals surface area contributed by atoms with Crippen molar-refractivity contribution in [1.82, 2.24) is 25.6 Å². The van der Waals surface area contributed by atoms with Gasteiger partial charge in [0, 0.05) is 22.8 Å². The highest BCUT2D eigenvalue weighted by Crippen LogP contribution is 2.36. The molecule has 10 heteroatoms. The van der Waals surface area contributed by atoms with Gasteiger partial charge in [-0.2, -0.15) is 0 Å². The average molecular weight is 367 g/mol. The Balaban J connectivity index is 2.04. The van der Waals surface area contributed by atoms with Crippen LogP contribution in [0.4, 0.5) is 5.69 Å². The number of nitrogen functional groups attached to an aromatic ring is 1. The second kappa shape index (κ2) is 5.86. The minimum atomic E-state index is -3.99. The fraction of sp³-hybridized carbons (Fsp3) is 0. The summed E-state index contributed by atoms with van der Waals surface area (Å²) in [6.07, 6.45) is 1.61. The van der Waals surface area contributed by atoms with Crippen molar-refractivity contribution >= 4 is 26.6 Å². The first-order valence-corrected chi connectivity index (χ1v) is 9.04. The largest absolute Gasteiger partial charge is 0.398 e. The number of fused-ring (bicyclic) bond motifs is 1. The standard InChI is InChI=1S/C16H13N7O2S/c17-12-6-7-19-13-8-9(4-5-11(12)13)10-2-1-3-14(26(18,24)25)15(10)16-20-22-23-21-16/h1-8H,(H2,17,19)(H2,18,24,25)(H,20,21,22,23). The molecule has 0 saturated carbocycles. The van der Waals surface area contributed by atoms with E-state index in [-0.39, 0.29) is 10.7 Å². The summed E-state index contributed by atoms with van der Waals surface area (Å²) in [7, 11) is -3.99. The number of H-pyrrole nitrogens is 1. The van der Waals surface area contributed by atoms with Crippen molar-refractivity contribution in [3.8, 4) is 22.5 Å². The number of primary sulfonamides is 1. The molecule has 2 aromatic carbocycles. The maximum Gasteiger partial charge on any atom is 0.238 e. The van der Waals surface area contributed by atoms with E-state index in [2.05, 4.69) is 25.6 Å². The molecule has 0 fully saturated rings. The smallest absolute Gasteiger partial charge is 0.238 e. The first-order valence-electron chi connectivity index (χ1n) is 7.49. The van der Waals surface area contributed by atoms with Gasteiger partial charge in [0.1, 0.15) is 0 Å². The minimum absolute atomic E-state index is 0.0748. The van der Waals surface area contributed by atoms with E-state index in [9.17, 15) is 8.42 Å². The third-order valence-electron chi connectivity index (χ3n) is 4.00. The molecular formula is C16H13N7O2S. The predicted octanol–water partition coefficient (Wildman–Crippen LogP) is 1.31. The Morgan fingerprint density at radius 2 is 1.92 bits per heavy atom. The van der Waals surface area contributed by atoms with Crippen LogP contribution >= 0.6 is 0 Å². The van der Waals surface area contributed by atoms with Gasteiger partial charge >= 0.3 is 0 Å². The van der Waals surface area contributed by atoms with Crippen LogP contribution in [0.1, 0.15) is 0 Å². The quantitative estimate of drug-likeness (QED) is 0.493. The van der Waals surface area contributed by atoms with Crippen LogP contribution in [0.5, 0.6) is 0 Å². The number of tetrazole rings is 1. The van der Waals surface area contributed by atoms with Crippen molar-refractivity contribution in [3.63, 3.8) is 0 Å². The van der Waals surface area contributed by atoms with Crippen LogP contribution in [0.25, 0.3) is 33.4 Å². The third kappa shape index (κ3) is 2.66. The Labute approximate surface area is 148 Å². The summed E-state index contributed by atoms with van der Waals surface area (Å²) in [6, 6.07) is 12.0. The van der Waals surface area contributed by atoms with Crippen LogP contribution < -0.4 is 10.9 Å². The number of nitrogens with one attached hydrogen (secondary N) is 1. The molecular weight excluding hydrogens is 354 g/mol. The molecule has 0 amide bonds. The zero-order valence-electron chi connectivity index (χ0n) is 13.3. The zero-order valence-corrected chi connectivity index (χ0v) is 14.1. The van der Waals surface area contributed by atoms with Crippen molar-refractivity contribution in [3.05, 3.63) is 48.7 Å². The molecule has 0 unspecified atom stereocenters. The lowest BCUT2D eigenvalue weighted by Crippen LogP contribution is -2.14. The number of nitrogens with zero attached hydrogens (tertiary/aromatic N) is 4. The van der Waals surface area contributed by atoms with E-state index in [0.717, 1.165) is 10.9 Å². The van der Waals surface area contributed by atoms with Crippen molar-refractivity contribution in [2.24, 2.45) is 5.14 Å². The number of aromatic nitrogens is 5. The number of pyridine rings is 1. The highest BCUT2D eigenvalue weighted by molar-refractivity contribution is 7.89. The summed E-state index contributed by atoms with van der Waals surface area (Å²) < 4.78 is 24.1. The van der Waals surface area contributed by atoms with Gasteiger partial charge in [-0.05, 0) is 39.8 Å². The van der Waals surface area contributed by atoms with Crippen molar-refractivity contribution in [1.29, 1.82) is 0 Å². The van der Waals surface area contributed by atoms with Gasteiger partial charge in [-0.25, -0.2) is 18.7 Å². The number of hydrogen-bond acceptors (Lipinski definition) is 7. The zero-order chi connectivity index (χ0) is 18.3. The van der Waals surface area contributed by atoms with Crippen molar-refractivity contribution < 1.29 is 8.42 Å². The molecule has 2 heterocycles. The Morgan fingerprint density at radius 1 is 1.08 bits per heavy atom. The summed E-state index contributed by atoms with van der Waals surface area (Å²) in [5.41, 5.74) is 8.88. The molecule has 5 N–H and O–H groups in total. The first-order chi connectivity index (χ1) is 12.4. The minimum Gasteiger partial charge on any atom is -0.398 e. The molecule has 2 aromatic heterocycles. The SMILES string of the molecule is Nc1ccnc2cc(-c3cccc(S(N)(=O)=O)c3-c3nnn[nH]3)ccc12. The molecule has 4 aromatic rings. The van der Waals surface area contributed by atoms with Gasteiger partial charge in [0.05, 0.1) is 10.4 Å². The Morgan fingerprint density at radius 3 is 2.65 bits per heavy atom.